The van der Waals surface area contributed by atoms with Crippen LogP contribution >= 0.6 is 11.3 Å². The fourth-order valence-corrected chi connectivity index (χ4v) is 5.12. The smallest absolute Gasteiger partial charge is 0.304 e. The summed E-state index contributed by atoms with van der Waals surface area (Å²) in [5, 5.41) is 15.4. The van der Waals surface area contributed by atoms with Gasteiger partial charge in [-0.2, -0.15) is 0 Å². The van der Waals surface area contributed by atoms with Crippen LogP contribution < -0.4 is 10.1 Å². The van der Waals surface area contributed by atoms with Crippen LogP contribution in [0, 0.1) is 5.82 Å². The molecule has 2 N–H and O–H groups in total. The number of carboxylic acid groups (broad SMARTS) is 1. The van der Waals surface area contributed by atoms with Crippen LogP contribution in [0.2, 0.25) is 0 Å². The second-order valence-electron chi connectivity index (χ2n) is 8.27. The first kappa shape index (κ1) is 23.2. The summed E-state index contributed by atoms with van der Waals surface area (Å²) in [6.07, 6.45) is 5.81. The number of nitrogens with one attached hydrogen (secondary N) is 1. The van der Waals surface area contributed by atoms with Crippen molar-refractivity contribution in [2.75, 3.05) is 19.0 Å². The third kappa shape index (κ3) is 5.87. The number of unbranched alkanes of at least 4 members (excludes halogenated alkanes) is 1. The van der Waals surface area contributed by atoms with Crippen molar-refractivity contribution >= 4 is 23.1 Å². The molecule has 1 aliphatic rings. The van der Waals surface area contributed by atoms with Crippen molar-refractivity contribution < 1.29 is 19.0 Å². The van der Waals surface area contributed by atoms with Crippen molar-refractivity contribution in [1.82, 2.24) is 9.97 Å². The number of aromatic nitrogens is 2. The van der Waals surface area contributed by atoms with E-state index < -0.39 is 17.7 Å². The fourth-order valence-electron chi connectivity index (χ4n) is 4.14. The first-order chi connectivity index (χ1) is 16.0. The number of hydrogen-bond donors (Lipinski definition) is 2. The highest BCUT2D eigenvalue weighted by atomic mass is 32.1. The maximum absolute atomic E-state index is 14.2. The van der Waals surface area contributed by atoms with Crippen molar-refractivity contribution in [3.8, 4) is 5.75 Å². The molecule has 2 aromatic heterocycles. The molecule has 0 saturated heterocycles. The molecular weight excluding hydrogens is 441 g/mol. The van der Waals surface area contributed by atoms with Crippen molar-refractivity contribution in [2.24, 2.45) is 0 Å². The van der Waals surface area contributed by atoms with E-state index in [1.54, 1.807) is 6.07 Å². The average Bonchev–Trinajstić information content (AvgIpc) is 3.28. The number of methoxy groups -OCH3 is 1. The van der Waals surface area contributed by atoms with Crippen LogP contribution in [0.4, 0.5) is 10.2 Å². The van der Waals surface area contributed by atoms with Gasteiger partial charge in [-0.15, -0.1) is 11.3 Å². The predicted molar refractivity (Wildman–Crippen MR) is 127 cm³/mol. The molecule has 1 atom stereocenters. The van der Waals surface area contributed by atoms with Crippen molar-refractivity contribution in [2.45, 2.75) is 50.9 Å². The number of pyridine rings is 1. The molecular formula is C25H28FN3O3S. The maximum atomic E-state index is 14.2. The van der Waals surface area contributed by atoms with Gasteiger partial charge in [0.1, 0.15) is 10.8 Å². The van der Waals surface area contributed by atoms with Gasteiger partial charge in [-0.25, -0.2) is 14.4 Å². The molecule has 1 aromatic carbocycles. The lowest BCUT2D eigenvalue weighted by Gasteiger charge is -2.17. The van der Waals surface area contributed by atoms with Gasteiger partial charge in [0.15, 0.2) is 11.6 Å². The summed E-state index contributed by atoms with van der Waals surface area (Å²) in [4.78, 5) is 20.9. The summed E-state index contributed by atoms with van der Waals surface area (Å²) in [6, 6.07) is 8.88. The Morgan fingerprint density at radius 3 is 2.79 bits per heavy atom. The second-order valence-corrected chi connectivity index (χ2v) is 9.16. The number of thiazole rings is 1. The molecule has 0 bridgehead atoms. The summed E-state index contributed by atoms with van der Waals surface area (Å²) in [7, 11) is 1.40. The lowest BCUT2D eigenvalue weighted by Crippen LogP contribution is -2.14. The normalized spacial score (nSPS) is 13.8. The lowest BCUT2D eigenvalue weighted by molar-refractivity contribution is -0.137. The van der Waals surface area contributed by atoms with E-state index in [4.69, 9.17) is 14.7 Å². The minimum Gasteiger partial charge on any atom is -0.494 e. The molecule has 1 aliphatic heterocycles. The Bertz CT molecular complexity index is 1120. The third-order valence-corrected chi connectivity index (χ3v) is 6.90. The number of halogens is 1. The van der Waals surface area contributed by atoms with Crippen LogP contribution in [0.25, 0.3) is 0 Å². The molecule has 0 saturated carbocycles. The Balaban J connectivity index is 1.36. The Morgan fingerprint density at radius 1 is 1.21 bits per heavy atom. The number of aryl methyl sites for hydroxylation is 3. The van der Waals surface area contributed by atoms with E-state index in [1.807, 2.05) is 5.38 Å². The molecule has 8 heteroatoms. The van der Waals surface area contributed by atoms with Gasteiger partial charge in [0.2, 0.25) is 0 Å². The van der Waals surface area contributed by atoms with Crippen molar-refractivity contribution in [3.63, 3.8) is 0 Å². The SMILES string of the molecule is COc1ccc(C(CC(=O)O)c2nc(CCCCc3ccc4c(n3)NCCC4)cs2)cc1F. The third-order valence-electron chi connectivity index (χ3n) is 5.89. The van der Waals surface area contributed by atoms with E-state index in [9.17, 15) is 14.3 Å². The molecule has 6 nitrogen and oxygen atoms in total. The molecule has 0 radical (unpaired) electrons. The number of ether oxygens (including phenoxy) is 1. The standard InChI is InChI=1S/C25H28FN3O3S/c1-32-22-11-9-17(13-21(22)26)20(14-23(30)31)25-29-19(15-33-25)7-3-2-6-18-10-8-16-5-4-12-27-24(16)28-18/h8-11,13,15,20H,2-7,12,14H2,1H3,(H,27,28)(H,30,31). The number of rotatable bonds is 10. The first-order valence-electron chi connectivity index (χ1n) is 11.3. The van der Waals surface area contributed by atoms with Crippen molar-refractivity contribution in [1.29, 1.82) is 0 Å². The van der Waals surface area contributed by atoms with E-state index >= 15 is 0 Å². The van der Waals surface area contributed by atoms with Crippen LogP contribution in [-0.2, 0) is 24.1 Å². The molecule has 4 rings (SSSR count). The van der Waals surface area contributed by atoms with E-state index in [0.29, 0.717) is 10.6 Å². The molecule has 0 fully saturated rings. The van der Waals surface area contributed by atoms with Crippen LogP contribution in [0.1, 0.15) is 59.1 Å². The van der Waals surface area contributed by atoms with E-state index in [0.717, 1.165) is 62.3 Å². The Hall–Kier alpha value is -3.00. The molecule has 0 aliphatic carbocycles. The second kappa shape index (κ2) is 10.7. The van der Waals surface area contributed by atoms with Gasteiger partial charge in [-0.05, 0) is 67.9 Å². The van der Waals surface area contributed by atoms with Gasteiger partial charge >= 0.3 is 5.97 Å². The van der Waals surface area contributed by atoms with Gasteiger partial charge < -0.3 is 15.2 Å². The number of fused-ring (bicyclic) bond motifs is 1. The number of nitrogens with zero attached hydrogens (tertiary/aromatic N) is 2. The molecule has 0 spiro atoms. The van der Waals surface area contributed by atoms with E-state index in [2.05, 4.69) is 17.4 Å². The summed E-state index contributed by atoms with van der Waals surface area (Å²) in [6.45, 7) is 0.988. The molecule has 3 aromatic rings. The van der Waals surface area contributed by atoms with Crippen LogP contribution in [-0.4, -0.2) is 34.7 Å². The van der Waals surface area contributed by atoms with Gasteiger partial charge in [-0.3, -0.25) is 4.79 Å². The van der Waals surface area contributed by atoms with Crippen LogP contribution in [0.3, 0.4) is 0 Å². The van der Waals surface area contributed by atoms with Crippen LogP contribution in [0.15, 0.2) is 35.7 Å². The Morgan fingerprint density at radius 2 is 2.03 bits per heavy atom. The predicted octanol–water partition coefficient (Wildman–Crippen LogP) is 5.22. The lowest BCUT2D eigenvalue weighted by atomic mass is 9.96. The van der Waals surface area contributed by atoms with Gasteiger partial charge in [0.25, 0.3) is 0 Å². The zero-order chi connectivity index (χ0) is 23.2. The maximum Gasteiger partial charge on any atom is 0.304 e. The highest BCUT2D eigenvalue weighted by Crippen LogP contribution is 2.33. The molecule has 174 valence electrons. The summed E-state index contributed by atoms with van der Waals surface area (Å²) < 4.78 is 19.2. The minimum atomic E-state index is -0.944. The quantitative estimate of drug-likeness (QED) is 0.396. The van der Waals surface area contributed by atoms with Gasteiger partial charge in [0, 0.05) is 23.5 Å². The van der Waals surface area contributed by atoms with E-state index in [-0.39, 0.29) is 12.2 Å². The summed E-state index contributed by atoms with van der Waals surface area (Å²) in [5.41, 5.74) is 3.93. The number of hydrogen-bond acceptors (Lipinski definition) is 6. The van der Waals surface area contributed by atoms with Crippen LogP contribution in [0.5, 0.6) is 5.75 Å². The first-order valence-corrected chi connectivity index (χ1v) is 12.1. The number of carboxylic acids is 1. The fraction of sp³-hybridized carbons (Fsp3) is 0.400. The van der Waals surface area contributed by atoms with E-state index in [1.165, 1.54) is 36.1 Å². The molecule has 1 unspecified atom stereocenters. The molecule has 3 heterocycles. The molecule has 0 amide bonds. The number of benzene rings is 1. The van der Waals surface area contributed by atoms with Gasteiger partial charge in [0.05, 0.1) is 19.2 Å². The molecule has 33 heavy (non-hydrogen) atoms. The van der Waals surface area contributed by atoms with Gasteiger partial charge in [-0.1, -0.05) is 12.1 Å². The number of anilines is 1. The zero-order valence-corrected chi connectivity index (χ0v) is 19.5. The topological polar surface area (TPSA) is 84.3 Å². The van der Waals surface area contributed by atoms with Crippen molar-refractivity contribution in [3.05, 3.63) is 69.1 Å². The number of carbonyl (C=O) groups is 1. The highest BCUT2D eigenvalue weighted by Gasteiger charge is 2.22. The highest BCUT2D eigenvalue weighted by molar-refractivity contribution is 7.09. The zero-order valence-electron chi connectivity index (χ0n) is 18.6. The Labute approximate surface area is 196 Å². The summed E-state index contributed by atoms with van der Waals surface area (Å²) >= 11 is 1.43. The monoisotopic (exact) mass is 469 g/mol. The largest absolute Gasteiger partial charge is 0.494 e. The average molecular weight is 470 g/mol. The summed E-state index contributed by atoms with van der Waals surface area (Å²) in [5.74, 6) is -0.777. The number of aliphatic carboxylic acids is 1. The Kier molecular flexibility index (Phi) is 7.54. The minimum absolute atomic E-state index is 0.136.